The molecule has 0 amide bonds. The molecule has 0 spiro atoms. The van der Waals surface area contributed by atoms with Gasteiger partial charge >= 0.3 is 0 Å². The van der Waals surface area contributed by atoms with E-state index < -0.39 is 0 Å². The number of nitrogens with two attached hydrogens (primary N) is 1. The van der Waals surface area contributed by atoms with Gasteiger partial charge in [0.05, 0.1) is 0 Å². The molecule has 1 saturated heterocycles. The van der Waals surface area contributed by atoms with E-state index in [1.54, 1.807) is 0 Å². The van der Waals surface area contributed by atoms with Gasteiger partial charge in [0.1, 0.15) is 0 Å². The van der Waals surface area contributed by atoms with Crippen LogP contribution in [0.1, 0.15) is 40.0 Å². The predicted octanol–water partition coefficient (Wildman–Crippen LogP) is 2.58. The van der Waals surface area contributed by atoms with Crippen LogP contribution in [-0.4, -0.2) is 41.6 Å². The maximum Gasteiger partial charge on any atom is 0.0147 e. The lowest BCUT2D eigenvalue weighted by Crippen LogP contribution is -2.47. The molecule has 3 atom stereocenters. The molecular weight excluding hydrogens is 228 g/mol. The molecule has 0 bridgehead atoms. The first-order valence-corrected chi connectivity index (χ1v) is 8.11. The SMILES string of the molecule is CC1CN(CC2CC(C)(C)CCC2N)CCS1. The maximum atomic E-state index is 6.32. The van der Waals surface area contributed by atoms with Gasteiger partial charge in [-0.05, 0) is 30.6 Å². The molecule has 3 heteroatoms. The summed E-state index contributed by atoms with van der Waals surface area (Å²) in [6, 6.07) is 0.438. The number of hydrogen-bond acceptors (Lipinski definition) is 3. The Labute approximate surface area is 111 Å². The number of rotatable bonds is 2. The third-order valence-corrected chi connectivity index (χ3v) is 5.53. The average Bonchev–Trinajstić information content (AvgIpc) is 2.23. The monoisotopic (exact) mass is 256 g/mol. The third kappa shape index (κ3) is 3.87. The highest BCUT2D eigenvalue weighted by Crippen LogP contribution is 2.38. The van der Waals surface area contributed by atoms with E-state index in [0.717, 1.165) is 5.25 Å². The maximum absolute atomic E-state index is 6.32. The summed E-state index contributed by atoms with van der Waals surface area (Å²) >= 11 is 2.11. The van der Waals surface area contributed by atoms with Crippen LogP contribution < -0.4 is 5.73 Å². The standard InChI is InChI=1S/C14H28N2S/c1-11-9-16(6-7-17-11)10-12-8-14(2,3)5-4-13(12)15/h11-13H,4-10,15H2,1-3H3. The van der Waals surface area contributed by atoms with Gasteiger partial charge in [-0.3, -0.25) is 0 Å². The van der Waals surface area contributed by atoms with E-state index in [1.807, 2.05) is 0 Å². The summed E-state index contributed by atoms with van der Waals surface area (Å²) in [6.45, 7) is 10.9. The van der Waals surface area contributed by atoms with Gasteiger partial charge in [-0.15, -0.1) is 0 Å². The number of thioether (sulfide) groups is 1. The molecule has 0 aromatic heterocycles. The second-order valence-corrected chi connectivity index (χ2v) is 8.32. The molecule has 1 aliphatic heterocycles. The lowest BCUT2D eigenvalue weighted by atomic mass is 9.70. The minimum Gasteiger partial charge on any atom is -0.327 e. The van der Waals surface area contributed by atoms with Crippen LogP contribution in [0, 0.1) is 11.3 Å². The third-order valence-electron chi connectivity index (χ3n) is 4.39. The van der Waals surface area contributed by atoms with Gasteiger partial charge in [0.25, 0.3) is 0 Å². The molecule has 2 nitrogen and oxygen atoms in total. The van der Waals surface area contributed by atoms with E-state index in [-0.39, 0.29) is 0 Å². The van der Waals surface area contributed by atoms with Crippen molar-refractivity contribution in [2.24, 2.45) is 17.1 Å². The Morgan fingerprint density at radius 3 is 2.88 bits per heavy atom. The first kappa shape index (κ1) is 13.7. The highest BCUT2D eigenvalue weighted by molar-refractivity contribution is 7.99. The lowest BCUT2D eigenvalue weighted by Gasteiger charge is -2.42. The summed E-state index contributed by atoms with van der Waals surface area (Å²) in [6.07, 6.45) is 3.83. The molecule has 2 N–H and O–H groups in total. The van der Waals surface area contributed by atoms with E-state index in [2.05, 4.69) is 37.4 Å². The van der Waals surface area contributed by atoms with Gasteiger partial charge in [-0.1, -0.05) is 20.8 Å². The summed E-state index contributed by atoms with van der Waals surface area (Å²) in [4.78, 5) is 2.65. The van der Waals surface area contributed by atoms with Gasteiger partial charge in [0.2, 0.25) is 0 Å². The quantitative estimate of drug-likeness (QED) is 0.823. The molecule has 0 aromatic carbocycles. The van der Waals surface area contributed by atoms with Crippen molar-refractivity contribution in [1.82, 2.24) is 4.90 Å². The zero-order chi connectivity index (χ0) is 12.5. The fourth-order valence-corrected chi connectivity index (χ4v) is 4.43. The van der Waals surface area contributed by atoms with Crippen LogP contribution in [0.3, 0.4) is 0 Å². The molecular formula is C14H28N2S. The van der Waals surface area contributed by atoms with Crippen molar-refractivity contribution in [3.8, 4) is 0 Å². The van der Waals surface area contributed by atoms with Crippen molar-refractivity contribution in [3.05, 3.63) is 0 Å². The average molecular weight is 256 g/mol. The second-order valence-electron chi connectivity index (χ2n) is 6.77. The van der Waals surface area contributed by atoms with E-state index in [4.69, 9.17) is 5.73 Å². The Kier molecular flexibility index (Phi) is 4.43. The van der Waals surface area contributed by atoms with E-state index in [9.17, 15) is 0 Å². The van der Waals surface area contributed by atoms with Gasteiger partial charge in [0.15, 0.2) is 0 Å². The summed E-state index contributed by atoms with van der Waals surface area (Å²) in [5.74, 6) is 2.01. The molecule has 2 fully saturated rings. The molecule has 0 aromatic rings. The van der Waals surface area contributed by atoms with Crippen LogP contribution >= 0.6 is 11.8 Å². The van der Waals surface area contributed by atoms with Crippen molar-refractivity contribution >= 4 is 11.8 Å². The zero-order valence-electron chi connectivity index (χ0n) is 11.6. The summed E-state index contributed by atoms with van der Waals surface area (Å²) < 4.78 is 0. The van der Waals surface area contributed by atoms with Crippen LogP contribution in [0.2, 0.25) is 0 Å². The summed E-state index contributed by atoms with van der Waals surface area (Å²) in [7, 11) is 0. The molecule has 2 aliphatic rings. The minimum atomic E-state index is 0.438. The van der Waals surface area contributed by atoms with E-state index in [1.165, 1.54) is 44.6 Å². The molecule has 17 heavy (non-hydrogen) atoms. The van der Waals surface area contributed by atoms with Crippen molar-refractivity contribution < 1.29 is 0 Å². The molecule has 1 saturated carbocycles. The largest absolute Gasteiger partial charge is 0.327 e. The Balaban J connectivity index is 1.88. The van der Waals surface area contributed by atoms with Gasteiger partial charge in [0, 0.05) is 36.7 Å². The van der Waals surface area contributed by atoms with Crippen LogP contribution in [-0.2, 0) is 0 Å². The fraction of sp³-hybridized carbons (Fsp3) is 1.00. The molecule has 1 heterocycles. The molecule has 100 valence electrons. The molecule has 2 rings (SSSR count). The van der Waals surface area contributed by atoms with Crippen LogP contribution in [0.5, 0.6) is 0 Å². The molecule has 1 aliphatic carbocycles. The highest BCUT2D eigenvalue weighted by Gasteiger charge is 2.34. The van der Waals surface area contributed by atoms with Gasteiger partial charge in [-0.25, -0.2) is 0 Å². The summed E-state index contributed by atoms with van der Waals surface area (Å²) in [5.41, 5.74) is 6.83. The molecule has 3 unspecified atom stereocenters. The van der Waals surface area contributed by atoms with Crippen LogP contribution in [0.4, 0.5) is 0 Å². The highest BCUT2D eigenvalue weighted by atomic mass is 32.2. The minimum absolute atomic E-state index is 0.438. The fourth-order valence-electron chi connectivity index (χ4n) is 3.34. The first-order valence-electron chi connectivity index (χ1n) is 7.06. The number of hydrogen-bond donors (Lipinski definition) is 1. The van der Waals surface area contributed by atoms with Gasteiger partial charge < -0.3 is 10.6 Å². The normalized spacial score (nSPS) is 39.2. The van der Waals surface area contributed by atoms with Crippen molar-refractivity contribution in [1.29, 1.82) is 0 Å². The Morgan fingerprint density at radius 1 is 1.41 bits per heavy atom. The van der Waals surface area contributed by atoms with E-state index in [0.29, 0.717) is 17.4 Å². The second kappa shape index (κ2) is 5.50. The number of nitrogens with zero attached hydrogens (tertiary/aromatic N) is 1. The Hall–Kier alpha value is 0.270. The first-order chi connectivity index (χ1) is 7.96. The lowest BCUT2D eigenvalue weighted by molar-refractivity contribution is 0.116. The zero-order valence-corrected chi connectivity index (χ0v) is 12.4. The Morgan fingerprint density at radius 2 is 2.18 bits per heavy atom. The van der Waals surface area contributed by atoms with Gasteiger partial charge in [-0.2, -0.15) is 11.8 Å². The van der Waals surface area contributed by atoms with Crippen LogP contribution in [0.25, 0.3) is 0 Å². The summed E-state index contributed by atoms with van der Waals surface area (Å²) in [5, 5.41) is 0.802. The molecule has 0 radical (unpaired) electrons. The Bertz CT molecular complexity index is 255. The van der Waals surface area contributed by atoms with Crippen molar-refractivity contribution in [2.45, 2.75) is 51.3 Å². The van der Waals surface area contributed by atoms with E-state index >= 15 is 0 Å². The van der Waals surface area contributed by atoms with Crippen molar-refractivity contribution in [2.75, 3.05) is 25.4 Å². The predicted molar refractivity (Wildman–Crippen MR) is 77.5 cm³/mol. The smallest absolute Gasteiger partial charge is 0.0147 e. The van der Waals surface area contributed by atoms with Crippen LogP contribution in [0.15, 0.2) is 0 Å². The van der Waals surface area contributed by atoms with Crippen molar-refractivity contribution in [3.63, 3.8) is 0 Å². The topological polar surface area (TPSA) is 29.3 Å².